The van der Waals surface area contributed by atoms with E-state index in [1.165, 1.54) is 0 Å². The molecule has 366 valence electrons. The fraction of sp³-hybridized carbons (Fsp3) is 0.298. The Hall–Kier alpha value is -7.38. The number of amides is 2. The molecule has 2 amide bonds. The van der Waals surface area contributed by atoms with Crippen LogP contribution in [-0.4, -0.2) is 54.5 Å². The second-order valence-electron chi connectivity index (χ2n) is 19.5. The van der Waals surface area contributed by atoms with Gasteiger partial charge in [0.15, 0.2) is 0 Å². The van der Waals surface area contributed by atoms with Crippen LogP contribution in [0.15, 0.2) is 158 Å². The van der Waals surface area contributed by atoms with Crippen LogP contribution in [0.3, 0.4) is 0 Å². The molecule has 0 unspecified atom stereocenters. The van der Waals surface area contributed by atoms with Gasteiger partial charge in [-0.1, -0.05) is 159 Å². The van der Waals surface area contributed by atoms with Crippen molar-refractivity contribution in [3.63, 3.8) is 0 Å². The topological polar surface area (TPSA) is 159 Å². The number of benzene rings is 6. The van der Waals surface area contributed by atoms with Gasteiger partial charge in [0.25, 0.3) is 0 Å². The number of esters is 1. The molecule has 13 heteroatoms. The van der Waals surface area contributed by atoms with Gasteiger partial charge in [0, 0.05) is 20.9 Å². The number of hydrogen-bond donors (Lipinski definition) is 3. The van der Waals surface area contributed by atoms with E-state index < -0.39 is 49.4 Å². The predicted octanol–water partition coefficient (Wildman–Crippen LogP) is 11.7. The Labute approximate surface area is 412 Å². The van der Waals surface area contributed by atoms with E-state index in [9.17, 15) is 24.3 Å². The predicted molar refractivity (Wildman–Crippen MR) is 273 cm³/mol. The normalized spacial score (nSPS) is 12.7. The molecule has 0 saturated heterocycles. The van der Waals surface area contributed by atoms with Gasteiger partial charge in [0.2, 0.25) is 0 Å². The molecule has 0 aliphatic carbocycles. The summed E-state index contributed by atoms with van der Waals surface area (Å²) in [6.45, 7) is 12.1. The van der Waals surface area contributed by atoms with Crippen molar-refractivity contribution in [2.75, 3.05) is 0 Å². The van der Waals surface area contributed by atoms with Crippen molar-refractivity contribution >= 4 is 32.2 Å². The van der Waals surface area contributed by atoms with Gasteiger partial charge in [-0.3, -0.25) is 0 Å². The number of aliphatic carboxylic acids is 1. The Morgan fingerprint density at radius 2 is 1.01 bits per heavy atom. The molecule has 0 aromatic heterocycles. The molecule has 0 bridgehead atoms. The Morgan fingerprint density at radius 3 is 1.47 bits per heavy atom. The average molecular weight is 965 g/mol. The van der Waals surface area contributed by atoms with Crippen LogP contribution in [0.1, 0.15) is 60.6 Å². The number of carboxylic acids is 1. The number of hydrogen-bond acceptors (Lipinski definition) is 9. The van der Waals surface area contributed by atoms with Gasteiger partial charge in [-0.2, -0.15) is 0 Å². The van der Waals surface area contributed by atoms with E-state index >= 15 is 0 Å². The first-order chi connectivity index (χ1) is 33.4. The molecular formula is C57H64N2O10Si. The van der Waals surface area contributed by atoms with Crippen molar-refractivity contribution < 1.29 is 48.0 Å². The Morgan fingerprint density at radius 1 is 0.571 bits per heavy atom. The molecule has 0 fully saturated rings. The highest BCUT2D eigenvalue weighted by molar-refractivity contribution is 6.76. The van der Waals surface area contributed by atoms with E-state index in [-0.39, 0.29) is 45.7 Å². The van der Waals surface area contributed by atoms with Crippen molar-refractivity contribution in [2.24, 2.45) is 0 Å². The molecule has 6 aromatic rings. The molecule has 0 heterocycles. The summed E-state index contributed by atoms with van der Waals surface area (Å²) in [4.78, 5) is 54.6. The lowest BCUT2D eigenvalue weighted by Crippen LogP contribution is -2.57. The summed E-state index contributed by atoms with van der Waals surface area (Å²) in [5.41, 5.74) is 3.26. The summed E-state index contributed by atoms with van der Waals surface area (Å²) >= 11 is 0. The quantitative estimate of drug-likeness (QED) is 0.0340. The molecule has 6 aromatic carbocycles. The van der Waals surface area contributed by atoms with Crippen LogP contribution in [0.4, 0.5) is 9.59 Å². The van der Waals surface area contributed by atoms with E-state index in [1.807, 2.05) is 152 Å². The van der Waals surface area contributed by atoms with Gasteiger partial charge in [0.05, 0.1) is 0 Å². The maximum Gasteiger partial charge on any atom is 0.408 e. The molecule has 12 nitrogen and oxygen atoms in total. The van der Waals surface area contributed by atoms with Crippen molar-refractivity contribution in [3.05, 3.63) is 191 Å². The number of ether oxygens (including phenoxy) is 5. The Balaban J connectivity index is 1.41. The fourth-order valence-corrected chi connectivity index (χ4v) is 8.74. The minimum Gasteiger partial charge on any atom is -0.489 e. The summed E-state index contributed by atoms with van der Waals surface area (Å²) in [6.07, 6.45) is -1.67. The lowest BCUT2D eigenvalue weighted by Gasteiger charge is -2.33. The van der Waals surface area contributed by atoms with Gasteiger partial charge in [-0.05, 0) is 96.0 Å². The van der Waals surface area contributed by atoms with Gasteiger partial charge in [0.1, 0.15) is 55.1 Å². The fourth-order valence-electron chi connectivity index (χ4n) is 7.56. The maximum atomic E-state index is 14.0. The molecule has 0 aliphatic heterocycles. The van der Waals surface area contributed by atoms with Gasteiger partial charge >= 0.3 is 24.1 Å². The molecule has 0 radical (unpaired) electrons. The van der Waals surface area contributed by atoms with Crippen LogP contribution in [0.5, 0.6) is 11.5 Å². The summed E-state index contributed by atoms with van der Waals surface area (Å²) < 4.78 is 29.9. The smallest absolute Gasteiger partial charge is 0.408 e. The third-order valence-electron chi connectivity index (χ3n) is 11.3. The SMILES string of the molecule is CC(C)(C)OC(=O)N[C@@H](Cc1cc(-c2ccc(OCc3ccccc3)c(C[C@@](CC[Si](C)(C)C)(NC(=O)OCc3ccccc3)C(=O)O)c2)ccc1OCc1ccccc1)C(=O)OCc1ccccc1. The zero-order chi connectivity index (χ0) is 50.2. The lowest BCUT2D eigenvalue weighted by molar-refractivity contribution is -0.147. The van der Waals surface area contributed by atoms with Gasteiger partial charge in [-0.25, -0.2) is 19.2 Å². The average Bonchev–Trinajstić information content (AvgIpc) is 3.33. The summed E-state index contributed by atoms with van der Waals surface area (Å²) in [5, 5.41) is 16.7. The Kier molecular flexibility index (Phi) is 18.0. The molecular weight excluding hydrogens is 901 g/mol. The summed E-state index contributed by atoms with van der Waals surface area (Å²) in [7, 11) is -1.86. The van der Waals surface area contributed by atoms with E-state index in [0.717, 1.165) is 22.3 Å². The third-order valence-corrected chi connectivity index (χ3v) is 13.1. The zero-order valence-corrected chi connectivity index (χ0v) is 41.9. The standard InChI is InChI=1S/C57H64N2O10Si/c1-56(2,3)69-54(63)58-49(52(60)67-39-43-23-15-9-16-24-43)35-47-33-45(27-29-50(47)65-37-41-19-11-7-12-20-41)46-28-30-51(66-38-42-21-13-8-14-22-42)48(34-46)36-57(53(61)62,31-32-70(4,5)6)59-55(64)68-40-44-25-17-10-18-26-44/h7-30,33-34,49H,31-32,35-40H2,1-6H3,(H,58,63)(H,59,64)(H,61,62)/t49-,57+/m0/s1. The minimum absolute atomic E-state index is 0.0135. The number of carboxylic acid groups (broad SMARTS) is 1. The first kappa shape index (κ1) is 52.0. The summed E-state index contributed by atoms with van der Waals surface area (Å²) in [5.74, 6) is -0.963. The molecule has 0 aliphatic rings. The first-order valence-corrected chi connectivity index (χ1v) is 27.2. The second kappa shape index (κ2) is 24.3. The monoisotopic (exact) mass is 964 g/mol. The number of carbonyl (C=O) groups excluding carboxylic acids is 3. The molecule has 6 rings (SSSR count). The number of nitrogens with one attached hydrogen (secondary N) is 2. The van der Waals surface area contributed by atoms with Crippen LogP contribution >= 0.6 is 0 Å². The highest BCUT2D eigenvalue weighted by atomic mass is 28.3. The molecule has 0 saturated carbocycles. The summed E-state index contributed by atoms with van der Waals surface area (Å²) in [6, 6.07) is 48.3. The molecule has 0 spiro atoms. The Bertz CT molecular complexity index is 2650. The van der Waals surface area contributed by atoms with Crippen LogP contribution in [-0.2, 0) is 63.1 Å². The number of rotatable bonds is 22. The van der Waals surface area contributed by atoms with Gasteiger partial charge < -0.3 is 39.4 Å². The van der Waals surface area contributed by atoms with Crippen LogP contribution < -0.4 is 20.1 Å². The number of alkyl carbamates (subject to hydrolysis) is 2. The lowest BCUT2D eigenvalue weighted by atomic mass is 9.86. The third kappa shape index (κ3) is 16.4. The highest BCUT2D eigenvalue weighted by Crippen LogP contribution is 2.35. The van der Waals surface area contributed by atoms with Crippen molar-refractivity contribution in [2.45, 2.75) is 109 Å². The van der Waals surface area contributed by atoms with E-state index in [0.29, 0.717) is 39.8 Å². The van der Waals surface area contributed by atoms with Crippen LogP contribution in [0.2, 0.25) is 25.7 Å². The molecule has 70 heavy (non-hydrogen) atoms. The molecule has 3 N–H and O–H groups in total. The van der Waals surface area contributed by atoms with Crippen molar-refractivity contribution in [1.82, 2.24) is 10.6 Å². The highest BCUT2D eigenvalue weighted by Gasteiger charge is 2.42. The number of carbonyl (C=O) groups is 4. The van der Waals surface area contributed by atoms with E-state index in [2.05, 4.69) is 30.3 Å². The minimum atomic E-state index is -1.86. The van der Waals surface area contributed by atoms with Crippen LogP contribution in [0.25, 0.3) is 11.1 Å². The zero-order valence-electron chi connectivity index (χ0n) is 40.9. The van der Waals surface area contributed by atoms with E-state index in [4.69, 9.17) is 23.7 Å². The van der Waals surface area contributed by atoms with Gasteiger partial charge in [-0.15, -0.1) is 0 Å². The first-order valence-electron chi connectivity index (χ1n) is 23.5. The molecule has 2 atom stereocenters. The van der Waals surface area contributed by atoms with E-state index in [1.54, 1.807) is 26.8 Å². The van der Waals surface area contributed by atoms with Crippen molar-refractivity contribution in [3.8, 4) is 22.6 Å². The maximum absolute atomic E-state index is 14.0. The van der Waals surface area contributed by atoms with Crippen molar-refractivity contribution in [1.29, 1.82) is 0 Å². The second-order valence-corrected chi connectivity index (χ2v) is 25.1. The largest absolute Gasteiger partial charge is 0.489 e. The van der Waals surface area contributed by atoms with Crippen LogP contribution in [0, 0.1) is 0 Å².